The second-order valence-corrected chi connectivity index (χ2v) is 6.66. The van der Waals surface area contributed by atoms with Gasteiger partial charge in [-0.2, -0.15) is 0 Å². The Labute approximate surface area is 120 Å². The Balaban J connectivity index is 4.26. The highest BCUT2D eigenvalue weighted by Crippen LogP contribution is 2.19. The summed E-state index contributed by atoms with van der Waals surface area (Å²) >= 11 is 0. The quantitative estimate of drug-likeness (QED) is 0.642. The lowest BCUT2D eigenvalue weighted by Crippen LogP contribution is -2.51. The normalized spacial score (nSPS) is 17.2. The van der Waals surface area contributed by atoms with E-state index < -0.39 is 0 Å². The zero-order valence-electron chi connectivity index (χ0n) is 14.2. The van der Waals surface area contributed by atoms with Gasteiger partial charge in [-0.1, -0.05) is 34.6 Å². The topological polar surface area (TPSA) is 35.5 Å². The molecule has 0 aromatic rings. The molecule has 0 bridgehead atoms. The van der Waals surface area contributed by atoms with E-state index in [4.69, 9.17) is 0 Å². The Bertz CT molecular complexity index is 225. The van der Waals surface area contributed by atoms with Gasteiger partial charge in [-0.25, -0.2) is 0 Å². The number of nitrogens with one attached hydrogen (secondary N) is 1. The van der Waals surface area contributed by atoms with Crippen LogP contribution < -0.4 is 5.32 Å². The minimum atomic E-state index is -0.101. The predicted molar refractivity (Wildman–Crippen MR) is 84.5 cm³/mol. The molecule has 19 heavy (non-hydrogen) atoms. The molecular formula is C16H36N2O. The molecule has 0 aromatic heterocycles. The van der Waals surface area contributed by atoms with Crippen LogP contribution in [0.4, 0.5) is 0 Å². The van der Waals surface area contributed by atoms with Crippen molar-refractivity contribution in [3.63, 3.8) is 0 Å². The predicted octanol–water partition coefficient (Wildman–Crippen LogP) is 2.88. The third kappa shape index (κ3) is 6.73. The molecule has 0 heterocycles. The van der Waals surface area contributed by atoms with Gasteiger partial charge < -0.3 is 15.3 Å². The molecule has 2 unspecified atom stereocenters. The summed E-state index contributed by atoms with van der Waals surface area (Å²) in [7, 11) is 2.20. The van der Waals surface area contributed by atoms with Crippen LogP contribution in [0.15, 0.2) is 0 Å². The van der Waals surface area contributed by atoms with Crippen LogP contribution >= 0.6 is 0 Å². The van der Waals surface area contributed by atoms with Gasteiger partial charge in [0.05, 0.1) is 6.61 Å². The van der Waals surface area contributed by atoms with E-state index in [0.29, 0.717) is 18.0 Å². The monoisotopic (exact) mass is 272 g/mol. The van der Waals surface area contributed by atoms with Gasteiger partial charge in [-0.05, 0) is 45.7 Å². The zero-order valence-corrected chi connectivity index (χ0v) is 14.2. The Morgan fingerprint density at radius 3 is 2.11 bits per heavy atom. The third-order valence-corrected chi connectivity index (χ3v) is 4.40. The Hall–Kier alpha value is -0.120. The molecule has 0 amide bonds. The van der Waals surface area contributed by atoms with Gasteiger partial charge in [0, 0.05) is 17.6 Å². The highest BCUT2D eigenvalue weighted by atomic mass is 16.3. The summed E-state index contributed by atoms with van der Waals surface area (Å²) in [4.78, 5) is 2.43. The summed E-state index contributed by atoms with van der Waals surface area (Å²) < 4.78 is 0. The van der Waals surface area contributed by atoms with Crippen molar-refractivity contribution in [1.82, 2.24) is 10.2 Å². The maximum atomic E-state index is 9.71. The van der Waals surface area contributed by atoms with Gasteiger partial charge in [0.25, 0.3) is 0 Å². The number of rotatable bonds is 10. The van der Waals surface area contributed by atoms with Crippen LogP contribution in [0.1, 0.15) is 60.8 Å². The van der Waals surface area contributed by atoms with Gasteiger partial charge in [0.15, 0.2) is 0 Å². The Morgan fingerprint density at radius 1 is 1.16 bits per heavy atom. The highest BCUT2D eigenvalue weighted by molar-refractivity contribution is 4.87. The second-order valence-electron chi connectivity index (χ2n) is 6.66. The maximum Gasteiger partial charge on any atom is 0.0613 e. The fraction of sp³-hybridized carbons (Fsp3) is 1.00. The lowest BCUT2D eigenvalue weighted by Gasteiger charge is -2.35. The largest absolute Gasteiger partial charge is 0.394 e. The summed E-state index contributed by atoms with van der Waals surface area (Å²) in [6.45, 7) is 14.6. The van der Waals surface area contributed by atoms with E-state index in [0.717, 1.165) is 25.8 Å². The first-order valence-electron chi connectivity index (χ1n) is 7.86. The standard InChI is InChI=1S/C16H36N2O/c1-8-16(12-19,17-14(4)5)10-9-11-18(7)15(6)13(2)3/h13-15,17,19H,8-12H2,1-7H3. The van der Waals surface area contributed by atoms with E-state index >= 15 is 0 Å². The van der Waals surface area contributed by atoms with E-state index in [2.05, 4.69) is 58.8 Å². The number of aliphatic hydroxyl groups excluding tert-OH is 1. The molecule has 2 atom stereocenters. The molecule has 0 saturated carbocycles. The van der Waals surface area contributed by atoms with Crippen molar-refractivity contribution in [3.8, 4) is 0 Å². The summed E-state index contributed by atoms with van der Waals surface area (Å²) in [5.74, 6) is 0.688. The Kier molecular flexibility index (Phi) is 8.88. The van der Waals surface area contributed by atoms with Crippen molar-refractivity contribution < 1.29 is 5.11 Å². The van der Waals surface area contributed by atoms with E-state index in [1.165, 1.54) is 0 Å². The number of hydrogen-bond donors (Lipinski definition) is 2. The van der Waals surface area contributed by atoms with E-state index in [-0.39, 0.29) is 12.1 Å². The first kappa shape index (κ1) is 18.9. The van der Waals surface area contributed by atoms with Crippen molar-refractivity contribution >= 4 is 0 Å². The summed E-state index contributed by atoms with van der Waals surface area (Å²) in [5, 5.41) is 13.3. The first-order valence-corrected chi connectivity index (χ1v) is 7.86. The molecule has 0 fully saturated rings. The molecule has 0 aliphatic heterocycles. The number of hydrogen-bond acceptors (Lipinski definition) is 3. The third-order valence-electron chi connectivity index (χ3n) is 4.40. The lowest BCUT2D eigenvalue weighted by molar-refractivity contribution is 0.126. The van der Waals surface area contributed by atoms with Gasteiger partial charge in [0.1, 0.15) is 0 Å². The fourth-order valence-corrected chi connectivity index (χ4v) is 2.58. The van der Waals surface area contributed by atoms with Crippen LogP contribution in [0.5, 0.6) is 0 Å². The molecule has 3 nitrogen and oxygen atoms in total. The lowest BCUT2D eigenvalue weighted by atomic mass is 9.90. The average Bonchev–Trinajstić information content (AvgIpc) is 2.35. The molecule has 2 N–H and O–H groups in total. The first-order chi connectivity index (χ1) is 8.78. The zero-order chi connectivity index (χ0) is 15.1. The van der Waals surface area contributed by atoms with Gasteiger partial charge in [0.2, 0.25) is 0 Å². The molecule has 0 aliphatic carbocycles. The van der Waals surface area contributed by atoms with Crippen molar-refractivity contribution in [1.29, 1.82) is 0 Å². The van der Waals surface area contributed by atoms with Crippen molar-refractivity contribution in [2.75, 3.05) is 20.2 Å². The smallest absolute Gasteiger partial charge is 0.0613 e. The maximum absolute atomic E-state index is 9.71. The Morgan fingerprint density at radius 2 is 1.74 bits per heavy atom. The summed E-state index contributed by atoms with van der Waals surface area (Å²) in [5.41, 5.74) is -0.101. The van der Waals surface area contributed by atoms with Crippen molar-refractivity contribution in [2.24, 2.45) is 5.92 Å². The molecule has 0 spiro atoms. The molecule has 3 heteroatoms. The molecule has 0 rings (SSSR count). The van der Waals surface area contributed by atoms with E-state index in [1.54, 1.807) is 0 Å². The van der Waals surface area contributed by atoms with E-state index in [1.807, 2.05) is 0 Å². The van der Waals surface area contributed by atoms with Gasteiger partial charge >= 0.3 is 0 Å². The fourth-order valence-electron chi connectivity index (χ4n) is 2.58. The molecular weight excluding hydrogens is 236 g/mol. The molecule has 0 saturated heterocycles. The molecule has 0 aromatic carbocycles. The van der Waals surface area contributed by atoms with E-state index in [9.17, 15) is 5.11 Å². The summed E-state index contributed by atoms with van der Waals surface area (Å²) in [6, 6.07) is 1.03. The van der Waals surface area contributed by atoms with Crippen LogP contribution in [0.3, 0.4) is 0 Å². The van der Waals surface area contributed by atoms with Gasteiger partial charge in [-0.15, -0.1) is 0 Å². The summed E-state index contributed by atoms with van der Waals surface area (Å²) in [6.07, 6.45) is 3.14. The highest BCUT2D eigenvalue weighted by Gasteiger charge is 2.27. The molecule has 116 valence electrons. The van der Waals surface area contributed by atoms with Gasteiger partial charge in [-0.3, -0.25) is 0 Å². The van der Waals surface area contributed by atoms with Crippen molar-refractivity contribution in [3.05, 3.63) is 0 Å². The van der Waals surface area contributed by atoms with Crippen LogP contribution in [0.2, 0.25) is 0 Å². The average molecular weight is 272 g/mol. The minimum absolute atomic E-state index is 0.101. The minimum Gasteiger partial charge on any atom is -0.394 e. The van der Waals surface area contributed by atoms with Crippen LogP contribution in [0, 0.1) is 5.92 Å². The number of nitrogens with zero attached hydrogens (tertiary/aromatic N) is 1. The van der Waals surface area contributed by atoms with Crippen LogP contribution in [-0.2, 0) is 0 Å². The number of aliphatic hydroxyl groups is 1. The van der Waals surface area contributed by atoms with Crippen molar-refractivity contribution in [2.45, 2.75) is 78.4 Å². The van der Waals surface area contributed by atoms with Crippen LogP contribution in [0.25, 0.3) is 0 Å². The SMILES string of the molecule is CCC(CO)(CCCN(C)C(C)C(C)C)NC(C)C. The molecule has 0 aliphatic rings. The molecule has 0 radical (unpaired) electrons. The second kappa shape index (κ2) is 8.93. The van der Waals surface area contributed by atoms with Crippen LogP contribution in [-0.4, -0.2) is 47.8 Å².